The summed E-state index contributed by atoms with van der Waals surface area (Å²) in [7, 11) is 0. The van der Waals surface area contributed by atoms with Crippen molar-refractivity contribution >= 4 is 23.2 Å². The first-order valence-corrected chi connectivity index (χ1v) is 7.46. The molecular formula is C16H13ClN4O3. The molecule has 2 aromatic heterocycles. The van der Waals surface area contributed by atoms with Crippen molar-refractivity contribution in [1.29, 1.82) is 0 Å². The molecule has 0 saturated heterocycles. The van der Waals surface area contributed by atoms with Gasteiger partial charge in [0.2, 0.25) is 0 Å². The third kappa shape index (κ3) is 3.27. The fraction of sp³-hybridized carbons (Fsp3) is 0.125. The second-order valence-electron chi connectivity index (χ2n) is 5.05. The summed E-state index contributed by atoms with van der Waals surface area (Å²) in [5.74, 6) is -0.529. The van der Waals surface area contributed by atoms with Gasteiger partial charge in [-0.15, -0.1) is 0 Å². The number of nitrogens with zero attached hydrogens (tertiary/aromatic N) is 3. The number of aromatic nitrogens is 3. The van der Waals surface area contributed by atoms with Crippen LogP contribution in [0.1, 0.15) is 21.6 Å². The zero-order valence-corrected chi connectivity index (χ0v) is 13.2. The summed E-state index contributed by atoms with van der Waals surface area (Å²) in [6.07, 6.45) is 3.94. The van der Waals surface area contributed by atoms with Gasteiger partial charge in [-0.25, -0.2) is 4.98 Å². The van der Waals surface area contributed by atoms with Gasteiger partial charge in [-0.3, -0.25) is 19.0 Å². The minimum absolute atomic E-state index is 0.0865. The molecule has 3 rings (SSSR count). The average Bonchev–Trinajstić information content (AvgIpc) is 2.61. The van der Waals surface area contributed by atoms with Crippen LogP contribution < -0.4 is 10.9 Å². The maximum atomic E-state index is 12.4. The normalized spacial score (nSPS) is 10.8. The summed E-state index contributed by atoms with van der Waals surface area (Å²) in [5.41, 5.74) is 0.854. The van der Waals surface area contributed by atoms with E-state index < -0.39 is 11.5 Å². The number of carbonyl (C=O) groups excluding carboxylic acids is 1. The number of aliphatic hydroxyl groups is 1. The molecule has 1 amide bonds. The highest BCUT2D eigenvalue weighted by molar-refractivity contribution is 6.30. The summed E-state index contributed by atoms with van der Waals surface area (Å²) in [6.45, 7) is -0.0498. The highest BCUT2D eigenvalue weighted by Gasteiger charge is 2.13. The molecule has 0 aliphatic heterocycles. The lowest BCUT2D eigenvalue weighted by Gasteiger charge is -2.07. The Balaban J connectivity index is 1.85. The van der Waals surface area contributed by atoms with Crippen molar-refractivity contribution in [1.82, 2.24) is 19.7 Å². The molecule has 2 heterocycles. The second kappa shape index (κ2) is 6.77. The van der Waals surface area contributed by atoms with Gasteiger partial charge in [0, 0.05) is 24.0 Å². The zero-order chi connectivity index (χ0) is 17.1. The molecule has 0 unspecified atom stereocenters. The molecule has 122 valence electrons. The van der Waals surface area contributed by atoms with Crippen LogP contribution in [0, 0.1) is 0 Å². The minimum Gasteiger partial charge on any atom is -0.390 e. The Hall–Kier alpha value is -2.77. The number of hydrogen-bond acceptors (Lipinski definition) is 5. The van der Waals surface area contributed by atoms with Crippen LogP contribution in [0.15, 0.2) is 47.7 Å². The molecule has 0 aliphatic rings. The quantitative estimate of drug-likeness (QED) is 0.740. The van der Waals surface area contributed by atoms with E-state index in [1.807, 2.05) is 0 Å². The van der Waals surface area contributed by atoms with Gasteiger partial charge in [-0.2, -0.15) is 0 Å². The highest BCUT2D eigenvalue weighted by Crippen LogP contribution is 2.09. The maximum absolute atomic E-state index is 12.4. The summed E-state index contributed by atoms with van der Waals surface area (Å²) >= 11 is 5.81. The maximum Gasteiger partial charge on any atom is 0.270 e. The molecule has 0 fully saturated rings. The predicted molar refractivity (Wildman–Crippen MR) is 87.8 cm³/mol. The van der Waals surface area contributed by atoms with E-state index in [1.54, 1.807) is 24.3 Å². The van der Waals surface area contributed by atoms with E-state index in [1.165, 1.54) is 23.0 Å². The van der Waals surface area contributed by atoms with Gasteiger partial charge in [0.05, 0.1) is 18.5 Å². The zero-order valence-electron chi connectivity index (χ0n) is 12.4. The second-order valence-corrected chi connectivity index (χ2v) is 5.49. The SMILES string of the molecule is O=C(NCc1ccc(Cl)cc1)c1cnc2cnc(CO)cn2c1=O. The highest BCUT2D eigenvalue weighted by atomic mass is 35.5. The Kier molecular flexibility index (Phi) is 4.54. The van der Waals surface area contributed by atoms with Crippen molar-refractivity contribution in [3.63, 3.8) is 0 Å². The van der Waals surface area contributed by atoms with Crippen molar-refractivity contribution in [2.24, 2.45) is 0 Å². The lowest BCUT2D eigenvalue weighted by atomic mass is 10.2. The number of amides is 1. The Morgan fingerprint density at radius 3 is 2.67 bits per heavy atom. The van der Waals surface area contributed by atoms with Gasteiger partial charge in [0.25, 0.3) is 11.5 Å². The van der Waals surface area contributed by atoms with Crippen LogP contribution in [0.5, 0.6) is 0 Å². The summed E-state index contributed by atoms with van der Waals surface area (Å²) in [5, 5.41) is 12.4. The van der Waals surface area contributed by atoms with Gasteiger partial charge in [-0.05, 0) is 17.7 Å². The number of benzene rings is 1. The Bertz CT molecular complexity index is 954. The molecule has 8 heteroatoms. The smallest absolute Gasteiger partial charge is 0.270 e. The standard InChI is InChI=1S/C16H13ClN4O3/c17-11-3-1-10(2-4-11)5-20-15(23)13-6-19-14-7-18-12(9-22)8-21(14)16(13)24/h1-4,6-8,22H,5,9H2,(H,20,23). The van der Waals surface area contributed by atoms with Crippen LogP contribution >= 0.6 is 11.6 Å². The van der Waals surface area contributed by atoms with Crippen molar-refractivity contribution in [3.05, 3.63) is 75.1 Å². The van der Waals surface area contributed by atoms with Crippen molar-refractivity contribution < 1.29 is 9.90 Å². The first kappa shape index (κ1) is 16.1. The fourth-order valence-corrected chi connectivity index (χ4v) is 2.27. The van der Waals surface area contributed by atoms with Gasteiger partial charge in [0.15, 0.2) is 5.65 Å². The lowest BCUT2D eigenvalue weighted by Crippen LogP contribution is -2.31. The number of hydrogen-bond donors (Lipinski definition) is 2. The molecule has 0 spiro atoms. The van der Waals surface area contributed by atoms with E-state index in [0.717, 1.165) is 5.56 Å². The topological polar surface area (TPSA) is 96.6 Å². The van der Waals surface area contributed by atoms with Crippen LogP contribution in [0.4, 0.5) is 0 Å². The summed E-state index contributed by atoms with van der Waals surface area (Å²) < 4.78 is 1.19. The number of nitrogens with one attached hydrogen (secondary N) is 1. The molecule has 0 saturated carbocycles. The summed E-state index contributed by atoms with van der Waals surface area (Å²) in [6, 6.07) is 7.01. The van der Waals surface area contributed by atoms with Gasteiger partial charge in [-0.1, -0.05) is 23.7 Å². The molecule has 2 N–H and O–H groups in total. The van der Waals surface area contributed by atoms with Crippen LogP contribution in [-0.2, 0) is 13.2 Å². The molecule has 0 bridgehead atoms. The Morgan fingerprint density at radius 2 is 1.96 bits per heavy atom. The molecule has 7 nitrogen and oxygen atoms in total. The molecule has 24 heavy (non-hydrogen) atoms. The average molecular weight is 345 g/mol. The van der Waals surface area contributed by atoms with E-state index in [9.17, 15) is 9.59 Å². The number of carbonyl (C=O) groups is 1. The van der Waals surface area contributed by atoms with E-state index in [0.29, 0.717) is 16.4 Å². The molecular weight excluding hydrogens is 332 g/mol. The van der Waals surface area contributed by atoms with E-state index in [-0.39, 0.29) is 18.7 Å². The van der Waals surface area contributed by atoms with Crippen LogP contribution in [0.3, 0.4) is 0 Å². The Morgan fingerprint density at radius 1 is 1.21 bits per heavy atom. The van der Waals surface area contributed by atoms with Gasteiger partial charge < -0.3 is 10.4 Å². The lowest BCUT2D eigenvalue weighted by molar-refractivity contribution is 0.0949. The molecule has 0 atom stereocenters. The summed E-state index contributed by atoms with van der Waals surface area (Å²) in [4.78, 5) is 32.7. The Labute approximate surface area is 141 Å². The van der Waals surface area contributed by atoms with E-state index in [4.69, 9.17) is 16.7 Å². The molecule has 1 aromatic carbocycles. The third-order valence-corrected chi connectivity index (χ3v) is 3.67. The van der Waals surface area contributed by atoms with Crippen LogP contribution in [0.2, 0.25) is 5.02 Å². The molecule has 3 aromatic rings. The van der Waals surface area contributed by atoms with Crippen LogP contribution in [-0.4, -0.2) is 25.4 Å². The molecule has 0 aliphatic carbocycles. The number of halogens is 1. The number of aliphatic hydroxyl groups excluding tert-OH is 1. The fourth-order valence-electron chi connectivity index (χ4n) is 2.14. The predicted octanol–water partition coefficient (Wildman–Crippen LogP) is 1.17. The third-order valence-electron chi connectivity index (χ3n) is 3.42. The molecule has 0 radical (unpaired) electrons. The van der Waals surface area contributed by atoms with Crippen molar-refractivity contribution in [2.45, 2.75) is 13.2 Å². The van der Waals surface area contributed by atoms with Crippen molar-refractivity contribution in [3.8, 4) is 0 Å². The number of rotatable bonds is 4. The monoisotopic (exact) mass is 344 g/mol. The van der Waals surface area contributed by atoms with E-state index >= 15 is 0 Å². The van der Waals surface area contributed by atoms with Crippen LogP contribution in [0.25, 0.3) is 5.65 Å². The largest absolute Gasteiger partial charge is 0.390 e. The first-order valence-electron chi connectivity index (χ1n) is 7.08. The number of fused-ring (bicyclic) bond motifs is 1. The van der Waals surface area contributed by atoms with Crippen molar-refractivity contribution in [2.75, 3.05) is 0 Å². The van der Waals surface area contributed by atoms with Gasteiger partial charge in [0.1, 0.15) is 5.56 Å². The van der Waals surface area contributed by atoms with E-state index in [2.05, 4.69) is 15.3 Å². The first-order chi connectivity index (χ1) is 11.6. The minimum atomic E-state index is -0.529. The van der Waals surface area contributed by atoms with Gasteiger partial charge >= 0.3 is 0 Å².